The van der Waals surface area contributed by atoms with Crippen LogP contribution in [0.5, 0.6) is 5.75 Å². The second-order valence-corrected chi connectivity index (χ2v) is 5.83. The monoisotopic (exact) mass is 318 g/mol. The van der Waals surface area contributed by atoms with Crippen molar-refractivity contribution in [2.24, 2.45) is 5.92 Å². The number of nitrogens with two attached hydrogens (primary N) is 1. The van der Waals surface area contributed by atoms with Crippen molar-refractivity contribution in [3.63, 3.8) is 0 Å². The lowest BCUT2D eigenvalue weighted by molar-refractivity contribution is 0.102. The van der Waals surface area contributed by atoms with Crippen LogP contribution in [-0.2, 0) is 0 Å². The van der Waals surface area contributed by atoms with Gasteiger partial charge in [0.25, 0.3) is 5.91 Å². The summed E-state index contributed by atoms with van der Waals surface area (Å²) in [6, 6.07) is 12.1. The first-order valence-electron chi connectivity index (χ1n) is 7.05. The third kappa shape index (κ3) is 4.40. The Morgan fingerprint density at radius 1 is 1.27 bits per heavy atom. The van der Waals surface area contributed by atoms with Crippen LogP contribution in [0.25, 0.3) is 0 Å². The lowest BCUT2D eigenvalue weighted by atomic mass is 10.2. The quantitative estimate of drug-likeness (QED) is 0.812. The summed E-state index contributed by atoms with van der Waals surface area (Å²) in [6.07, 6.45) is 0. The van der Waals surface area contributed by atoms with E-state index in [1.165, 1.54) is 0 Å². The van der Waals surface area contributed by atoms with E-state index in [9.17, 15) is 4.79 Å². The number of hydrogen-bond donors (Lipinski definition) is 2. The molecule has 0 heterocycles. The number of anilines is 2. The first-order valence-corrected chi connectivity index (χ1v) is 7.42. The number of halogens is 1. The molecule has 0 aromatic heterocycles. The Hall–Kier alpha value is -2.20. The Labute approximate surface area is 135 Å². The summed E-state index contributed by atoms with van der Waals surface area (Å²) in [7, 11) is 0. The minimum atomic E-state index is -0.225. The Morgan fingerprint density at radius 3 is 2.73 bits per heavy atom. The number of rotatable bonds is 5. The number of ether oxygens (including phenoxy) is 1. The van der Waals surface area contributed by atoms with Gasteiger partial charge in [0.15, 0.2) is 0 Å². The maximum Gasteiger partial charge on any atom is 0.255 e. The number of carbonyl (C=O) groups is 1. The molecule has 2 rings (SSSR count). The largest absolute Gasteiger partial charge is 0.493 e. The van der Waals surface area contributed by atoms with Crippen LogP contribution < -0.4 is 15.8 Å². The van der Waals surface area contributed by atoms with E-state index in [-0.39, 0.29) is 5.91 Å². The van der Waals surface area contributed by atoms with Gasteiger partial charge in [0, 0.05) is 11.3 Å². The third-order valence-corrected chi connectivity index (χ3v) is 3.28. The number of nitrogens with one attached hydrogen (secondary N) is 1. The molecule has 2 aromatic carbocycles. The number of amides is 1. The SMILES string of the molecule is CC(C)COc1cccc(C(=O)Nc2ccc(Cl)c(N)c2)c1. The van der Waals surface area contributed by atoms with E-state index in [4.69, 9.17) is 22.1 Å². The molecule has 0 bridgehead atoms. The average Bonchev–Trinajstić information content (AvgIpc) is 2.49. The summed E-state index contributed by atoms with van der Waals surface area (Å²) in [5.41, 5.74) is 7.27. The molecule has 0 saturated heterocycles. The molecule has 0 aliphatic carbocycles. The van der Waals surface area contributed by atoms with Crippen molar-refractivity contribution in [2.45, 2.75) is 13.8 Å². The highest BCUT2D eigenvalue weighted by Crippen LogP contribution is 2.23. The van der Waals surface area contributed by atoms with Crippen molar-refractivity contribution < 1.29 is 9.53 Å². The molecule has 0 fully saturated rings. The van der Waals surface area contributed by atoms with E-state index in [0.29, 0.717) is 40.2 Å². The summed E-state index contributed by atoms with van der Waals surface area (Å²) in [6.45, 7) is 4.75. The van der Waals surface area contributed by atoms with Crippen molar-refractivity contribution >= 4 is 28.9 Å². The molecular weight excluding hydrogens is 300 g/mol. The van der Waals surface area contributed by atoms with Crippen LogP contribution in [0.3, 0.4) is 0 Å². The van der Waals surface area contributed by atoms with Crippen LogP contribution in [0.15, 0.2) is 42.5 Å². The molecule has 116 valence electrons. The molecular formula is C17H19ClN2O2. The molecule has 0 atom stereocenters. The van der Waals surface area contributed by atoms with Crippen molar-refractivity contribution in [1.29, 1.82) is 0 Å². The van der Waals surface area contributed by atoms with Gasteiger partial charge in [-0.25, -0.2) is 0 Å². The van der Waals surface area contributed by atoms with Crippen molar-refractivity contribution in [2.75, 3.05) is 17.7 Å². The maximum atomic E-state index is 12.3. The number of carbonyl (C=O) groups excluding carboxylic acids is 1. The maximum absolute atomic E-state index is 12.3. The standard InChI is InChI=1S/C17H19ClN2O2/c1-11(2)10-22-14-5-3-4-12(8-14)17(21)20-13-6-7-15(18)16(19)9-13/h3-9,11H,10,19H2,1-2H3,(H,20,21). The van der Waals surface area contributed by atoms with Gasteiger partial charge in [-0.1, -0.05) is 31.5 Å². The van der Waals surface area contributed by atoms with Gasteiger partial charge >= 0.3 is 0 Å². The van der Waals surface area contributed by atoms with E-state index >= 15 is 0 Å². The lowest BCUT2D eigenvalue weighted by Crippen LogP contribution is -2.12. The molecule has 4 nitrogen and oxygen atoms in total. The highest BCUT2D eigenvalue weighted by molar-refractivity contribution is 6.33. The highest BCUT2D eigenvalue weighted by atomic mass is 35.5. The van der Waals surface area contributed by atoms with E-state index in [2.05, 4.69) is 19.2 Å². The van der Waals surface area contributed by atoms with Crippen LogP contribution in [-0.4, -0.2) is 12.5 Å². The van der Waals surface area contributed by atoms with Gasteiger partial charge in [-0.15, -0.1) is 0 Å². The summed E-state index contributed by atoms with van der Waals surface area (Å²) in [5, 5.41) is 3.25. The van der Waals surface area contributed by atoms with Gasteiger partial charge in [0.2, 0.25) is 0 Å². The van der Waals surface area contributed by atoms with Crippen molar-refractivity contribution in [3.8, 4) is 5.75 Å². The normalized spacial score (nSPS) is 10.5. The van der Waals surface area contributed by atoms with E-state index < -0.39 is 0 Å². The minimum absolute atomic E-state index is 0.225. The van der Waals surface area contributed by atoms with Gasteiger partial charge in [-0.2, -0.15) is 0 Å². The zero-order valence-corrected chi connectivity index (χ0v) is 13.4. The number of hydrogen-bond acceptors (Lipinski definition) is 3. The summed E-state index contributed by atoms with van der Waals surface area (Å²) in [5.74, 6) is 0.878. The van der Waals surface area contributed by atoms with Crippen LogP contribution in [0.4, 0.5) is 11.4 Å². The van der Waals surface area contributed by atoms with Gasteiger partial charge in [0.1, 0.15) is 5.75 Å². The Morgan fingerprint density at radius 2 is 2.05 bits per heavy atom. The zero-order valence-electron chi connectivity index (χ0n) is 12.6. The van der Waals surface area contributed by atoms with Crippen LogP contribution in [0, 0.1) is 5.92 Å². The number of benzene rings is 2. The molecule has 0 spiro atoms. The molecule has 0 aliphatic rings. The first-order chi connectivity index (χ1) is 10.5. The van der Waals surface area contributed by atoms with Crippen LogP contribution >= 0.6 is 11.6 Å². The highest BCUT2D eigenvalue weighted by Gasteiger charge is 2.08. The van der Waals surface area contributed by atoms with Crippen molar-refractivity contribution in [1.82, 2.24) is 0 Å². The third-order valence-electron chi connectivity index (χ3n) is 2.93. The van der Waals surface area contributed by atoms with Crippen molar-refractivity contribution in [3.05, 3.63) is 53.1 Å². The first kappa shape index (κ1) is 16.2. The smallest absolute Gasteiger partial charge is 0.255 e. The Kier molecular flexibility index (Phi) is 5.28. The minimum Gasteiger partial charge on any atom is -0.493 e. The molecule has 2 aromatic rings. The average molecular weight is 319 g/mol. The molecule has 0 unspecified atom stereocenters. The van der Waals surface area contributed by atoms with Gasteiger partial charge in [-0.05, 0) is 42.3 Å². The van der Waals surface area contributed by atoms with Gasteiger partial charge < -0.3 is 15.8 Å². The van der Waals surface area contributed by atoms with Gasteiger partial charge in [-0.3, -0.25) is 4.79 Å². The Bertz CT molecular complexity index is 671. The fourth-order valence-corrected chi connectivity index (χ4v) is 1.93. The molecule has 3 N–H and O–H groups in total. The zero-order chi connectivity index (χ0) is 16.1. The van der Waals surface area contributed by atoms with Crippen LogP contribution in [0.1, 0.15) is 24.2 Å². The molecule has 22 heavy (non-hydrogen) atoms. The van der Waals surface area contributed by atoms with E-state index in [1.54, 1.807) is 36.4 Å². The number of nitrogen functional groups attached to an aromatic ring is 1. The predicted octanol–water partition coefficient (Wildman–Crippen LogP) is 4.21. The fourth-order valence-electron chi connectivity index (χ4n) is 1.81. The second-order valence-electron chi connectivity index (χ2n) is 5.42. The lowest BCUT2D eigenvalue weighted by Gasteiger charge is -2.10. The molecule has 0 saturated carbocycles. The second kappa shape index (κ2) is 7.18. The van der Waals surface area contributed by atoms with E-state index in [0.717, 1.165) is 0 Å². The fraction of sp³-hybridized carbons (Fsp3) is 0.235. The molecule has 1 amide bonds. The topological polar surface area (TPSA) is 64.3 Å². The van der Waals surface area contributed by atoms with Gasteiger partial charge in [0.05, 0.1) is 17.3 Å². The molecule has 0 aliphatic heterocycles. The summed E-state index contributed by atoms with van der Waals surface area (Å²) < 4.78 is 5.63. The molecule has 0 radical (unpaired) electrons. The molecule has 5 heteroatoms. The predicted molar refractivity (Wildman–Crippen MR) is 90.6 cm³/mol. The Balaban J connectivity index is 2.08. The van der Waals surface area contributed by atoms with Crippen LogP contribution in [0.2, 0.25) is 5.02 Å². The summed E-state index contributed by atoms with van der Waals surface area (Å²) in [4.78, 5) is 12.3. The van der Waals surface area contributed by atoms with E-state index in [1.807, 2.05) is 6.07 Å². The summed E-state index contributed by atoms with van der Waals surface area (Å²) >= 11 is 5.86.